The van der Waals surface area contributed by atoms with Crippen molar-refractivity contribution in [1.82, 2.24) is 9.88 Å². The standard InChI is InChI=1S/C33H35F7N4O3.2H2S/c1-19-9-23(34)5-6-26(19)27-13-29(44-16-25-18-47-8-7-43(25)15-24(44)17-45)41-14-28(27)42(4)30(46)31(2,3)20-10-21(32(35,36)37)12-22(11-20)33(38,39)40;;/h5-6,9-14,24-25,45H,7-8,15-18H2,1-4H3;2*1H2/t24-,25-;;/m0../s1. The van der Waals surface area contributed by atoms with Gasteiger partial charge in [-0.15, -0.1) is 0 Å². The number of nitrogens with zero attached hydrogens (tertiary/aromatic N) is 4. The summed E-state index contributed by atoms with van der Waals surface area (Å²) >= 11 is 0. The number of fused-ring (bicyclic) bond motifs is 1. The van der Waals surface area contributed by atoms with E-state index in [-0.39, 0.29) is 57.4 Å². The summed E-state index contributed by atoms with van der Waals surface area (Å²) < 4.78 is 102. The van der Waals surface area contributed by atoms with E-state index in [1.165, 1.54) is 45.3 Å². The number of aliphatic hydroxyl groups is 1. The molecule has 2 aliphatic heterocycles. The first kappa shape index (κ1) is 40.4. The molecule has 1 amide bonds. The molecule has 0 spiro atoms. The third-order valence-electron chi connectivity index (χ3n) is 9.01. The van der Waals surface area contributed by atoms with Crippen molar-refractivity contribution < 1.29 is 45.4 Å². The minimum atomic E-state index is -5.09. The first-order chi connectivity index (χ1) is 21.9. The fourth-order valence-corrected chi connectivity index (χ4v) is 6.25. The van der Waals surface area contributed by atoms with Gasteiger partial charge in [0, 0.05) is 32.2 Å². The molecule has 16 heteroatoms. The molecule has 3 aromatic rings. The summed E-state index contributed by atoms with van der Waals surface area (Å²) in [5.41, 5.74) is -3.71. The first-order valence-electron chi connectivity index (χ1n) is 15.0. The third-order valence-corrected chi connectivity index (χ3v) is 9.01. The number of likely N-dealkylation sites (N-methyl/N-ethyl adjacent to an activating group) is 1. The third kappa shape index (κ3) is 8.30. The number of carbonyl (C=O) groups excluding carboxylic acids is 1. The number of aromatic nitrogens is 1. The Morgan fingerprint density at radius 2 is 1.57 bits per heavy atom. The van der Waals surface area contributed by atoms with Gasteiger partial charge in [0.15, 0.2) is 0 Å². The van der Waals surface area contributed by atoms with Gasteiger partial charge in [0.1, 0.15) is 11.6 Å². The largest absolute Gasteiger partial charge is 0.416 e. The quantitative estimate of drug-likeness (QED) is 0.301. The minimum absolute atomic E-state index is 0. The number of amides is 1. The first-order valence-corrected chi connectivity index (χ1v) is 15.0. The Bertz CT molecular complexity index is 1620. The molecule has 1 aromatic heterocycles. The van der Waals surface area contributed by atoms with Gasteiger partial charge in [-0.3, -0.25) is 9.69 Å². The van der Waals surface area contributed by atoms with Crippen molar-refractivity contribution in [2.75, 3.05) is 56.3 Å². The number of anilines is 2. The number of morpholine rings is 1. The number of rotatable bonds is 6. The van der Waals surface area contributed by atoms with Crippen LogP contribution in [0.1, 0.15) is 36.1 Å². The van der Waals surface area contributed by atoms with Crippen LogP contribution in [-0.4, -0.2) is 79.5 Å². The zero-order valence-corrected chi connectivity index (χ0v) is 29.2. The highest BCUT2D eigenvalue weighted by Crippen LogP contribution is 2.41. The number of pyridine rings is 1. The molecule has 7 nitrogen and oxygen atoms in total. The van der Waals surface area contributed by atoms with Gasteiger partial charge >= 0.3 is 12.4 Å². The average Bonchev–Trinajstić information content (AvgIpc) is 3.02. The van der Waals surface area contributed by atoms with Gasteiger partial charge in [0.05, 0.1) is 60.3 Å². The summed E-state index contributed by atoms with van der Waals surface area (Å²) in [6.45, 7) is 6.86. The van der Waals surface area contributed by atoms with E-state index in [1.807, 2.05) is 4.90 Å². The molecule has 0 bridgehead atoms. The number of alkyl halides is 6. The van der Waals surface area contributed by atoms with Gasteiger partial charge in [-0.2, -0.15) is 53.3 Å². The Hall–Kier alpha value is -3.05. The van der Waals surface area contributed by atoms with Crippen molar-refractivity contribution in [3.63, 3.8) is 0 Å². The SMILES string of the molecule is Cc1cc(F)ccc1-c1cc(N2C[C@H]3COCCN3C[C@H]2CO)ncc1N(C)C(=O)C(C)(C)c1cc(C(F)(F)F)cc(C(F)(F)F)c1.S.S. The predicted octanol–water partition coefficient (Wildman–Crippen LogP) is 6.28. The molecule has 2 aromatic carbocycles. The van der Waals surface area contributed by atoms with Crippen LogP contribution in [-0.2, 0) is 27.3 Å². The van der Waals surface area contributed by atoms with Crippen LogP contribution in [0.15, 0.2) is 48.7 Å². The van der Waals surface area contributed by atoms with Gasteiger partial charge in [0.2, 0.25) is 5.91 Å². The highest BCUT2D eigenvalue weighted by Gasteiger charge is 2.42. The normalized spacial score (nSPS) is 18.7. The number of hydrogen-bond donors (Lipinski definition) is 1. The molecule has 2 fully saturated rings. The molecule has 5 rings (SSSR count). The number of benzene rings is 2. The lowest BCUT2D eigenvalue weighted by Crippen LogP contribution is -2.63. The van der Waals surface area contributed by atoms with E-state index in [0.29, 0.717) is 60.9 Å². The lowest BCUT2D eigenvalue weighted by molar-refractivity contribution is -0.143. The number of halogens is 7. The van der Waals surface area contributed by atoms with E-state index < -0.39 is 46.2 Å². The molecule has 49 heavy (non-hydrogen) atoms. The smallest absolute Gasteiger partial charge is 0.394 e. The Balaban J connectivity index is 0.00000325. The van der Waals surface area contributed by atoms with Gasteiger partial charge in [-0.25, -0.2) is 9.37 Å². The topological polar surface area (TPSA) is 69.1 Å². The molecule has 1 N–H and O–H groups in total. The molecule has 2 saturated heterocycles. The van der Waals surface area contributed by atoms with Crippen molar-refractivity contribution in [1.29, 1.82) is 0 Å². The van der Waals surface area contributed by atoms with Crippen LogP contribution in [0.5, 0.6) is 0 Å². The zero-order chi connectivity index (χ0) is 34.5. The molecular weight excluding hydrogens is 698 g/mol. The summed E-state index contributed by atoms with van der Waals surface area (Å²) in [5, 5.41) is 10.3. The van der Waals surface area contributed by atoms with Crippen molar-refractivity contribution in [3.05, 3.63) is 76.7 Å². The fraction of sp³-hybridized carbons (Fsp3) is 0.455. The van der Waals surface area contributed by atoms with Crippen LogP contribution in [0.4, 0.5) is 42.2 Å². The van der Waals surface area contributed by atoms with Crippen LogP contribution in [0, 0.1) is 12.7 Å². The Morgan fingerprint density at radius 1 is 0.959 bits per heavy atom. The number of carbonyl (C=O) groups is 1. The molecule has 0 unspecified atom stereocenters. The van der Waals surface area contributed by atoms with E-state index in [2.05, 4.69) is 9.88 Å². The van der Waals surface area contributed by atoms with Crippen molar-refractivity contribution in [3.8, 4) is 11.1 Å². The van der Waals surface area contributed by atoms with E-state index in [9.17, 15) is 40.6 Å². The molecule has 270 valence electrons. The second kappa shape index (κ2) is 15.1. The fourth-order valence-electron chi connectivity index (χ4n) is 6.25. The second-order valence-electron chi connectivity index (χ2n) is 12.5. The van der Waals surface area contributed by atoms with Crippen LogP contribution in [0.25, 0.3) is 11.1 Å². The highest BCUT2D eigenvalue weighted by molar-refractivity contribution is 7.59. The van der Waals surface area contributed by atoms with Crippen molar-refractivity contribution in [2.24, 2.45) is 0 Å². The highest BCUT2D eigenvalue weighted by atomic mass is 32.1. The van der Waals surface area contributed by atoms with E-state index in [4.69, 9.17) is 4.74 Å². The van der Waals surface area contributed by atoms with E-state index in [0.717, 1.165) is 11.4 Å². The van der Waals surface area contributed by atoms with Crippen LogP contribution >= 0.6 is 27.0 Å². The molecule has 0 saturated carbocycles. The molecule has 0 radical (unpaired) electrons. The molecule has 2 aliphatic rings. The molecular formula is C33H39F7N4O3S2. The summed E-state index contributed by atoms with van der Waals surface area (Å²) in [7, 11) is 1.36. The lowest BCUT2D eigenvalue weighted by atomic mass is 9.81. The van der Waals surface area contributed by atoms with Crippen LogP contribution in [0.2, 0.25) is 0 Å². The minimum Gasteiger partial charge on any atom is -0.394 e. The zero-order valence-electron chi connectivity index (χ0n) is 27.2. The maximum absolute atomic E-state index is 14.2. The summed E-state index contributed by atoms with van der Waals surface area (Å²) in [6, 6.07) is 6.62. The van der Waals surface area contributed by atoms with Gasteiger partial charge in [-0.1, -0.05) is 6.07 Å². The summed E-state index contributed by atoms with van der Waals surface area (Å²) in [5.74, 6) is -0.835. The Kier molecular flexibility index (Phi) is 12.4. The van der Waals surface area contributed by atoms with Crippen LogP contribution < -0.4 is 9.80 Å². The number of aliphatic hydroxyl groups excluding tert-OH is 1. The number of ether oxygens (including phenoxy) is 1. The Labute approximate surface area is 293 Å². The predicted molar refractivity (Wildman–Crippen MR) is 182 cm³/mol. The maximum Gasteiger partial charge on any atom is 0.416 e. The molecule has 3 heterocycles. The summed E-state index contributed by atoms with van der Waals surface area (Å²) in [4.78, 5) is 24.0. The average molecular weight is 737 g/mol. The maximum atomic E-state index is 14.2. The molecule has 0 aliphatic carbocycles. The second-order valence-corrected chi connectivity index (χ2v) is 12.5. The molecule has 2 atom stereocenters. The van der Waals surface area contributed by atoms with Crippen molar-refractivity contribution >= 4 is 44.4 Å². The van der Waals surface area contributed by atoms with Gasteiger partial charge < -0.3 is 19.6 Å². The van der Waals surface area contributed by atoms with Crippen molar-refractivity contribution in [2.45, 2.75) is 50.6 Å². The monoisotopic (exact) mass is 736 g/mol. The van der Waals surface area contributed by atoms with E-state index in [1.54, 1.807) is 13.0 Å². The van der Waals surface area contributed by atoms with E-state index >= 15 is 0 Å². The van der Waals surface area contributed by atoms with Gasteiger partial charge in [0.25, 0.3) is 0 Å². The number of hydrogen-bond acceptors (Lipinski definition) is 6. The number of aryl methyl sites for hydroxylation is 1. The lowest BCUT2D eigenvalue weighted by Gasteiger charge is -2.48. The van der Waals surface area contributed by atoms with Gasteiger partial charge in [-0.05, 0) is 73.9 Å². The summed E-state index contributed by atoms with van der Waals surface area (Å²) in [6.07, 6.45) is -8.78. The Morgan fingerprint density at radius 3 is 2.14 bits per heavy atom. The van der Waals surface area contributed by atoms with Crippen LogP contribution in [0.3, 0.4) is 0 Å². The number of piperazine rings is 1.